The van der Waals surface area contributed by atoms with Crippen molar-refractivity contribution >= 4 is 11.9 Å². The van der Waals surface area contributed by atoms with Crippen molar-refractivity contribution in [1.82, 2.24) is 14.7 Å². The molecule has 37 heavy (non-hydrogen) atoms. The Morgan fingerprint density at radius 3 is 2.35 bits per heavy atom. The fourth-order valence-corrected chi connectivity index (χ4v) is 5.50. The van der Waals surface area contributed by atoms with E-state index < -0.39 is 23.8 Å². The molecule has 4 rings (SSSR count). The molecule has 0 saturated carbocycles. The summed E-state index contributed by atoms with van der Waals surface area (Å²) in [5.74, 6) is -0.465. The fraction of sp³-hybridized carbons (Fsp3) is 0.500. The summed E-state index contributed by atoms with van der Waals surface area (Å²) in [7, 11) is 1.59. The zero-order valence-corrected chi connectivity index (χ0v) is 21.8. The van der Waals surface area contributed by atoms with E-state index in [2.05, 4.69) is 0 Å². The van der Waals surface area contributed by atoms with E-state index in [-0.39, 0.29) is 36.3 Å². The van der Waals surface area contributed by atoms with Crippen LogP contribution in [0.2, 0.25) is 0 Å². The van der Waals surface area contributed by atoms with Gasteiger partial charge in [0, 0.05) is 26.6 Å². The van der Waals surface area contributed by atoms with Crippen LogP contribution in [0.25, 0.3) is 0 Å². The molecule has 2 aliphatic rings. The molecule has 9 heteroatoms. The maximum atomic E-state index is 13.9. The Hall–Kier alpha value is -3.10. The van der Waals surface area contributed by atoms with Crippen LogP contribution in [0.15, 0.2) is 36.4 Å². The molecule has 0 spiro atoms. The number of piperazine rings is 1. The van der Waals surface area contributed by atoms with Gasteiger partial charge in [-0.3, -0.25) is 4.79 Å². The molecule has 2 heterocycles. The maximum Gasteiger partial charge on any atom is 0.416 e. The molecule has 0 aliphatic carbocycles. The first kappa shape index (κ1) is 26.9. The number of urea groups is 1. The standard InChI is InChI=1S/C28H33F4N3O2/c1-16(2)19-13-20(15-21(14-19)28(30,31)32)18(4)33(5)27(37)35-11-10-34-24(8-9-25(34)36)26(35)23-7-6-22(29)12-17(23)3/h6-7,12-16,18,24,26H,8-11H2,1-5H3/t18?,24-,26-/m0/s1. The van der Waals surface area contributed by atoms with Crippen molar-refractivity contribution < 1.29 is 27.2 Å². The van der Waals surface area contributed by atoms with Gasteiger partial charge in [0.25, 0.3) is 0 Å². The lowest BCUT2D eigenvalue weighted by Gasteiger charge is -2.47. The van der Waals surface area contributed by atoms with Crippen LogP contribution < -0.4 is 0 Å². The zero-order valence-electron chi connectivity index (χ0n) is 21.8. The van der Waals surface area contributed by atoms with E-state index in [4.69, 9.17) is 0 Å². The molecular weight excluding hydrogens is 486 g/mol. The highest BCUT2D eigenvalue weighted by Gasteiger charge is 2.46. The summed E-state index contributed by atoms with van der Waals surface area (Å²) in [5.41, 5.74) is 1.66. The Labute approximate surface area is 215 Å². The molecule has 3 amide bonds. The first-order chi connectivity index (χ1) is 17.3. The van der Waals surface area contributed by atoms with Crippen LogP contribution in [0.5, 0.6) is 0 Å². The van der Waals surface area contributed by atoms with Crippen molar-refractivity contribution in [2.24, 2.45) is 0 Å². The number of alkyl halides is 3. The van der Waals surface area contributed by atoms with Crippen LogP contribution in [0.3, 0.4) is 0 Å². The molecule has 2 aromatic carbocycles. The number of rotatable bonds is 4. The predicted molar refractivity (Wildman–Crippen MR) is 132 cm³/mol. The third-order valence-electron chi connectivity index (χ3n) is 7.79. The van der Waals surface area contributed by atoms with E-state index in [1.807, 2.05) is 13.8 Å². The molecule has 0 bridgehead atoms. The Bertz CT molecular complexity index is 1200. The minimum atomic E-state index is -4.50. The fourth-order valence-electron chi connectivity index (χ4n) is 5.50. The summed E-state index contributed by atoms with van der Waals surface area (Å²) in [6.07, 6.45) is -3.54. The quantitative estimate of drug-likeness (QED) is 0.437. The predicted octanol–water partition coefficient (Wildman–Crippen LogP) is 6.44. The van der Waals surface area contributed by atoms with E-state index in [9.17, 15) is 27.2 Å². The van der Waals surface area contributed by atoms with Crippen LogP contribution in [0.4, 0.5) is 22.4 Å². The van der Waals surface area contributed by atoms with E-state index in [1.54, 1.807) is 42.8 Å². The molecule has 0 N–H and O–H groups in total. The topological polar surface area (TPSA) is 43.9 Å². The van der Waals surface area contributed by atoms with Gasteiger partial charge in [0.05, 0.1) is 23.7 Å². The van der Waals surface area contributed by atoms with Gasteiger partial charge in [-0.2, -0.15) is 13.2 Å². The van der Waals surface area contributed by atoms with Crippen molar-refractivity contribution in [3.8, 4) is 0 Å². The first-order valence-electron chi connectivity index (χ1n) is 12.6. The lowest BCUT2D eigenvalue weighted by molar-refractivity contribution is -0.137. The van der Waals surface area contributed by atoms with Gasteiger partial charge in [-0.25, -0.2) is 9.18 Å². The van der Waals surface area contributed by atoms with E-state index in [0.717, 1.165) is 17.7 Å². The molecule has 2 fully saturated rings. The Kier molecular flexibility index (Phi) is 7.27. The van der Waals surface area contributed by atoms with Gasteiger partial charge in [-0.15, -0.1) is 0 Å². The van der Waals surface area contributed by atoms with Crippen LogP contribution in [-0.4, -0.2) is 52.8 Å². The minimum absolute atomic E-state index is 0.0359. The highest BCUT2D eigenvalue weighted by molar-refractivity contribution is 5.81. The van der Waals surface area contributed by atoms with Gasteiger partial charge in [0.2, 0.25) is 5.91 Å². The smallest absolute Gasteiger partial charge is 0.335 e. The molecule has 5 nitrogen and oxygen atoms in total. The highest BCUT2D eigenvalue weighted by Crippen LogP contribution is 2.40. The number of carbonyl (C=O) groups excluding carboxylic acids is 2. The maximum absolute atomic E-state index is 13.9. The van der Waals surface area contributed by atoms with Crippen LogP contribution >= 0.6 is 0 Å². The lowest BCUT2D eigenvalue weighted by Crippen LogP contribution is -2.57. The number of hydrogen-bond acceptors (Lipinski definition) is 2. The van der Waals surface area contributed by atoms with E-state index in [0.29, 0.717) is 36.1 Å². The second-order valence-electron chi connectivity index (χ2n) is 10.4. The van der Waals surface area contributed by atoms with Gasteiger partial charge < -0.3 is 14.7 Å². The molecule has 2 saturated heterocycles. The molecular formula is C28H33F4N3O2. The average Bonchev–Trinajstić information content (AvgIpc) is 3.22. The largest absolute Gasteiger partial charge is 0.416 e. The summed E-state index contributed by atoms with van der Waals surface area (Å²) in [5, 5.41) is 0. The third kappa shape index (κ3) is 5.18. The Morgan fingerprint density at radius 1 is 1.05 bits per heavy atom. The second kappa shape index (κ2) is 9.99. The van der Waals surface area contributed by atoms with Gasteiger partial charge in [-0.1, -0.05) is 26.0 Å². The number of amides is 3. The third-order valence-corrected chi connectivity index (χ3v) is 7.79. The summed E-state index contributed by atoms with van der Waals surface area (Å²) < 4.78 is 54.8. The molecule has 200 valence electrons. The molecule has 2 aromatic rings. The summed E-state index contributed by atoms with van der Waals surface area (Å²) >= 11 is 0. The van der Waals surface area contributed by atoms with Gasteiger partial charge in [0.15, 0.2) is 0 Å². The average molecular weight is 520 g/mol. The monoisotopic (exact) mass is 519 g/mol. The Balaban J connectivity index is 1.69. The van der Waals surface area contributed by atoms with Crippen molar-refractivity contribution in [3.05, 3.63) is 70.0 Å². The van der Waals surface area contributed by atoms with Crippen molar-refractivity contribution in [1.29, 1.82) is 0 Å². The van der Waals surface area contributed by atoms with Crippen LogP contribution in [0.1, 0.15) is 79.4 Å². The number of benzene rings is 2. The summed E-state index contributed by atoms with van der Waals surface area (Å²) in [4.78, 5) is 31.3. The minimum Gasteiger partial charge on any atom is -0.335 e. The van der Waals surface area contributed by atoms with Crippen LogP contribution in [0, 0.1) is 12.7 Å². The number of carbonyl (C=O) groups is 2. The number of halogens is 4. The van der Waals surface area contributed by atoms with E-state index >= 15 is 0 Å². The molecule has 1 unspecified atom stereocenters. The van der Waals surface area contributed by atoms with Crippen molar-refractivity contribution in [2.45, 2.75) is 70.8 Å². The molecule has 3 atom stereocenters. The first-order valence-corrected chi connectivity index (χ1v) is 12.6. The Morgan fingerprint density at radius 2 is 1.73 bits per heavy atom. The summed E-state index contributed by atoms with van der Waals surface area (Å²) in [6.45, 7) is 7.81. The number of aryl methyl sites for hydroxylation is 1. The number of fused-ring (bicyclic) bond motifs is 1. The van der Waals surface area contributed by atoms with Gasteiger partial charge in [-0.05, 0) is 72.7 Å². The number of nitrogens with zero attached hydrogens (tertiary/aromatic N) is 3. The second-order valence-corrected chi connectivity index (χ2v) is 10.4. The molecule has 0 aromatic heterocycles. The number of hydrogen-bond donors (Lipinski definition) is 0. The van der Waals surface area contributed by atoms with Crippen LogP contribution in [-0.2, 0) is 11.0 Å². The summed E-state index contributed by atoms with van der Waals surface area (Å²) in [6, 6.07) is 6.72. The lowest BCUT2D eigenvalue weighted by atomic mass is 9.90. The van der Waals surface area contributed by atoms with Gasteiger partial charge >= 0.3 is 12.2 Å². The SMILES string of the molecule is Cc1cc(F)ccc1[C@H]1[C@@H]2CCC(=O)N2CCN1C(=O)N(C)C(C)c1cc(C(C)C)cc(C(F)(F)F)c1. The van der Waals surface area contributed by atoms with Crippen molar-refractivity contribution in [3.63, 3.8) is 0 Å². The van der Waals surface area contributed by atoms with E-state index in [1.165, 1.54) is 17.0 Å². The van der Waals surface area contributed by atoms with Gasteiger partial charge in [0.1, 0.15) is 5.82 Å². The highest BCUT2D eigenvalue weighted by atomic mass is 19.4. The zero-order chi connectivity index (χ0) is 27.2. The molecule has 0 radical (unpaired) electrons. The normalized spacial score (nSPS) is 20.9. The molecule has 2 aliphatic heterocycles. The van der Waals surface area contributed by atoms with Crippen molar-refractivity contribution in [2.75, 3.05) is 20.1 Å².